The number of carbonyl (C=O) groups is 1. The molecule has 2 heteroatoms. The minimum absolute atomic E-state index is 0.145. The van der Waals surface area contributed by atoms with Crippen molar-refractivity contribution >= 4 is 23.2 Å². The Morgan fingerprint density at radius 3 is 2.62 bits per heavy atom. The van der Waals surface area contributed by atoms with Gasteiger partial charge in [0.05, 0.1) is 0 Å². The Hall–Kier alpha value is -1.67. The van der Waals surface area contributed by atoms with Crippen molar-refractivity contribution in [3.63, 3.8) is 0 Å². The maximum Gasteiger partial charge on any atom is 0.160 e. The first-order valence-corrected chi connectivity index (χ1v) is 6.01. The fourth-order valence-electron chi connectivity index (χ4n) is 1.40. The average Bonchev–Trinajstić information content (AvgIpc) is 2.81. The van der Waals surface area contributed by atoms with Gasteiger partial charge in [0.1, 0.15) is 0 Å². The monoisotopic (exact) mass is 228 g/mol. The second-order valence-electron chi connectivity index (χ2n) is 3.47. The molecule has 2 aromatic rings. The number of allylic oxidation sites excluding steroid dienone is 1. The molecule has 1 aromatic heterocycles. The molecule has 16 heavy (non-hydrogen) atoms. The predicted octanol–water partition coefficient (Wildman–Crippen LogP) is 3.57. The highest BCUT2D eigenvalue weighted by Crippen LogP contribution is 2.10. The molecule has 0 saturated heterocycles. The lowest BCUT2D eigenvalue weighted by molar-refractivity contribution is -0.113. The van der Waals surface area contributed by atoms with Gasteiger partial charge >= 0.3 is 0 Å². The zero-order chi connectivity index (χ0) is 11.2. The summed E-state index contributed by atoms with van der Waals surface area (Å²) in [5.41, 5.74) is 1.06. The van der Waals surface area contributed by atoms with Crippen LogP contribution in [0.5, 0.6) is 0 Å². The number of rotatable bonds is 4. The fourth-order valence-corrected chi connectivity index (χ4v) is 2.11. The summed E-state index contributed by atoms with van der Waals surface area (Å²) in [7, 11) is 0. The zero-order valence-electron chi connectivity index (χ0n) is 8.80. The number of ketones is 1. The molecule has 0 aliphatic carbocycles. The first kappa shape index (κ1) is 10.8. The second kappa shape index (κ2) is 5.42. The van der Waals surface area contributed by atoms with E-state index >= 15 is 0 Å². The Kier molecular flexibility index (Phi) is 3.67. The van der Waals surface area contributed by atoms with Crippen LogP contribution < -0.4 is 0 Å². The summed E-state index contributed by atoms with van der Waals surface area (Å²) in [5.74, 6) is 0.145. The Labute approximate surface area is 99.1 Å². The van der Waals surface area contributed by atoms with Crippen LogP contribution in [0.1, 0.15) is 10.4 Å². The van der Waals surface area contributed by atoms with E-state index in [9.17, 15) is 4.79 Å². The van der Waals surface area contributed by atoms with Crippen molar-refractivity contribution in [2.45, 2.75) is 6.42 Å². The third kappa shape index (κ3) is 3.17. The first-order valence-electron chi connectivity index (χ1n) is 5.13. The van der Waals surface area contributed by atoms with Crippen molar-refractivity contribution in [1.82, 2.24) is 0 Å². The summed E-state index contributed by atoms with van der Waals surface area (Å²) < 4.78 is 0. The van der Waals surface area contributed by atoms with Gasteiger partial charge in [-0.1, -0.05) is 42.5 Å². The van der Waals surface area contributed by atoms with Crippen LogP contribution in [0.4, 0.5) is 0 Å². The highest BCUT2D eigenvalue weighted by molar-refractivity contribution is 7.10. The standard InChI is InChI=1S/C14H12OS/c15-13(11-14-7-4-10-16-14)9-8-12-5-2-1-3-6-12/h1-10H,11H2/b9-8+. The number of benzene rings is 1. The van der Waals surface area contributed by atoms with Crippen molar-refractivity contribution < 1.29 is 4.79 Å². The number of carbonyl (C=O) groups excluding carboxylic acids is 1. The molecular formula is C14H12OS. The van der Waals surface area contributed by atoms with E-state index in [-0.39, 0.29) is 5.78 Å². The lowest BCUT2D eigenvalue weighted by Gasteiger charge is -1.92. The normalized spacial score (nSPS) is 10.8. The minimum atomic E-state index is 0.145. The Morgan fingerprint density at radius 2 is 1.94 bits per heavy atom. The third-order valence-electron chi connectivity index (χ3n) is 2.19. The molecule has 2 rings (SSSR count). The van der Waals surface area contributed by atoms with Gasteiger partial charge in [0.25, 0.3) is 0 Å². The molecule has 0 unspecified atom stereocenters. The van der Waals surface area contributed by atoms with Gasteiger partial charge in [-0.05, 0) is 23.1 Å². The summed E-state index contributed by atoms with van der Waals surface area (Å²) >= 11 is 1.62. The van der Waals surface area contributed by atoms with Gasteiger partial charge in [-0.2, -0.15) is 0 Å². The molecule has 1 nitrogen and oxygen atoms in total. The second-order valence-corrected chi connectivity index (χ2v) is 4.50. The molecule has 0 bridgehead atoms. The highest BCUT2D eigenvalue weighted by Gasteiger charge is 1.99. The average molecular weight is 228 g/mol. The molecule has 0 fully saturated rings. The molecule has 1 aromatic carbocycles. The summed E-state index contributed by atoms with van der Waals surface area (Å²) in [6.45, 7) is 0. The molecule has 0 radical (unpaired) electrons. The van der Waals surface area contributed by atoms with Crippen LogP contribution >= 0.6 is 11.3 Å². The van der Waals surface area contributed by atoms with Gasteiger partial charge in [-0.3, -0.25) is 4.79 Å². The molecule has 0 saturated carbocycles. The number of hydrogen-bond acceptors (Lipinski definition) is 2. The Morgan fingerprint density at radius 1 is 1.12 bits per heavy atom. The molecule has 1 heterocycles. The van der Waals surface area contributed by atoms with Crippen molar-refractivity contribution in [3.8, 4) is 0 Å². The van der Waals surface area contributed by atoms with Crippen LogP contribution in [0.3, 0.4) is 0 Å². The summed E-state index contributed by atoms with van der Waals surface area (Å²) in [4.78, 5) is 12.7. The van der Waals surface area contributed by atoms with Crippen LogP contribution in [0.15, 0.2) is 53.9 Å². The number of thiophene rings is 1. The number of hydrogen-bond donors (Lipinski definition) is 0. The highest BCUT2D eigenvalue weighted by atomic mass is 32.1. The van der Waals surface area contributed by atoms with E-state index in [1.165, 1.54) is 0 Å². The maximum absolute atomic E-state index is 11.6. The van der Waals surface area contributed by atoms with Crippen molar-refractivity contribution in [2.75, 3.05) is 0 Å². The van der Waals surface area contributed by atoms with Gasteiger partial charge in [0.2, 0.25) is 0 Å². The van der Waals surface area contributed by atoms with E-state index in [4.69, 9.17) is 0 Å². The fraction of sp³-hybridized carbons (Fsp3) is 0.0714. The SMILES string of the molecule is O=C(/C=C/c1ccccc1)Cc1cccs1. The predicted molar refractivity (Wildman–Crippen MR) is 68.5 cm³/mol. The largest absolute Gasteiger partial charge is 0.294 e. The van der Waals surface area contributed by atoms with Crippen LogP contribution in [0.25, 0.3) is 6.08 Å². The lowest BCUT2D eigenvalue weighted by Crippen LogP contribution is -1.95. The van der Waals surface area contributed by atoms with E-state index in [0.717, 1.165) is 10.4 Å². The van der Waals surface area contributed by atoms with Gasteiger partial charge in [-0.25, -0.2) is 0 Å². The van der Waals surface area contributed by atoms with Crippen molar-refractivity contribution in [1.29, 1.82) is 0 Å². The molecule has 0 spiro atoms. The van der Waals surface area contributed by atoms with Crippen molar-refractivity contribution in [2.24, 2.45) is 0 Å². The summed E-state index contributed by atoms with van der Waals surface area (Å²) in [5, 5.41) is 1.99. The van der Waals surface area contributed by atoms with E-state index in [2.05, 4.69) is 0 Å². The Bertz CT molecular complexity index is 469. The van der Waals surface area contributed by atoms with E-state index in [1.807, 2.05) is 53.9 Å². The first-order chi connectivity index (χ1) is 7.84. The molecule has 0 atom stereocenters. The van der Waals surface area contributed by atoms with Crippen LogP contribution in [-0.2, 0) is 11.2 Å². The van der Waals surface area contributed by atoms with Crippen LogP contribution in [0.2, 0.25) is 0 Å². The van der Waals surface area contributed by atoms with E-state index in [1.54, 1.807) is 17.4 Å². The lowest BCUT2D eigenvalue weighted by atomic mass is 10.1. The van der Waals surface area contributed by atoms with Crippen LogP contribution in [-0.4, -0.2) is 5.78 Å². The van der Waals surface area contributed by atoms with Gasteiger partial charge in [0, 0.05) is 11.3 Å². The molecule has 0 aliphatic rings. The molecular weight excluding hydrogens is 216 g/mol. The maximum atomic E-state index is 11.6. The molecule has 80 valence electrons. The topological polar surface area (TPSA) is 17.1 Å². The van der Waals surface area contributed by atoms with Gasteiger partial charge < -0.3 is 0 Å². The summed E-state index contributed by atoms with van der Waals surface area (Å²) in [6.07, 6.45) is 4.01. The minimum Gasteiger partial charge on any atom is -0.294 e. The van der Waals surface area contributed by atoms with Gasteiger partial charge in [0.15, 0.2) is 5.78 Å². The molecule has 0 amide bonds. The zero-order valence-corrected chi connectivity index (χ0v) is 9.61. The van der Waals surface area contributed by atoms with E-state index in [0.29, 0.717) is 6.42 Å². The smallest absolute Gasteiger partial charge is 0.160 e. The Balaban J connectivity index is 1.95. The van der Waals surface area contributed by atoms with Gasteiger partial charge in [-0.15, -0.1) is 11.3 Å². The molecule has 0 aliphatic heterocycles. The molecule has 0 N–H and O–H groups in total. The van der Waals surface area contributed by atoms with Crippen LogP contribution in [0, 0.1) is 0 Å². The summed E-state index contributed by atoms with van der Waals surface area (Å²) in [6, 6.07) is 13.8. The van der Waals surface area contributed by atoms with E-state index < -0.39 is 0 Å². The quantitative estimate of drug-likeness (QED) is 0.731. The van der Waals surface area contributed by atoms with Crippen molar-refractivity contribution in [3.05, 3.63) is 64.4 Å². The third-order valence-corrected chi connectivity index (χ3v) is 3.07.